The van der Waals surface area contributed by atoms with Crippen LogP contribution in [0.2, 0.25) is 0 Å². The third-order valence-electron chi connectivity index (χ3n) is 3.16. The molecule has 1 aromatic rings. The van der Waals surface area contributed by atoms with E-state index in [9.17, 15) is 4.79 Å². The smallest absolute Gasteiger partial charge is 0.251 e. The molecule has 1 aliphatic rings. The van der Waals surface area contributed by atoms with Gasteiger partial charge in [0.15, 0.2) is 0 Å². The van der Waals surface area contributed by atoms with Gasteiger partial charge < -0.3 is 15.7 Å². The van der Waals surface area contributed by atoms with Crippen LogP contribution in [0, 0.1) is 0 Å². The van der Waals surface area contributed by atoms with Crippen molar-refractivity contribution < 1.29 is 9.90 Å². The first-order valence-electron chi connectivity index (χ1n) is 6.11. The van der Waals surface area contributed by atoms with Crippen LogP contribution >= 0.6 is 0 Å². The quantitative estimate of drug-likeness (QED) is 0.697. The molecule has 3 N–H and O–H groups in total. The summed E-state index contributed by atoms with van der Waals surface area (Å²) in [5.74, 6) is -0.0404. The van der Waals surface area contributed by atoms with E-state index in [2.05, 4.69) is 10.6 Å². The molecule has 1 heterocycles. The summed E-state index contributed by atoms with van der Waals surface area (Å²) in [6.45, 7) is 3.62. The molecule has 1 fully saturated rings. The van der Waals surface area contributed by atoms with Gasteiger partial charge in [-0.3, -0.25) is 4.79 Å². The van der Waals surface area contributed by atoms with E-state index in [1.54, 1.807) is 0 Å². The average Bonchev–Trinajstić information content (AvgIpc) is 2.29. The topological polar surface area (TPSA) is 61.4 Å². The SMILES string of the molecule is CC(C(=O)Nc1ccc(CCO)cc1)=C1CNC1. The maximum atomic E-state index is 11.9. The molecule has 18 heavy (non-hydrogen) atoms. The van der Waals surface area contributed by atoms with Crippen molar-refractivity contribution in [3.8, 4) is 0 Å². The molecule has 2 rings (SSSR count). The summed E-state index contributed by atoms with van der Waals surface area (Å²) in [6.07, 6.45) is 0.642. The van der Waals surface area contributed by atoms with Crippen molar-refractivity contribution in [2.24, 2.45) is 0 Å². The van der Waals surface area contributed by atoms with Gasteiger partial charge in [0.25, 0.3) is 5.91 Å². The zero-order valence-corrected chi connectivity index (χ0v) is 10.5. The minimum Gasteiger partial charge on any atom is -0.396 e. The van der Waals surface area contributed by atoms with Crippen LogP contribution in [0.3, 0.4) is 0 Å². The standard InChI is InChI=1S/C14H18N2O2/c1-10(12-8-15-9-12)14(18)16-13-4-2-11(3-5-13)6-7-17/h2-5,15,17H,6-9H2,1H3,(H,16,18). The Hall–Kier alpha value is -1.65. The minimum atomic E-state index is -0.0404. The monoisotopic (exact) mass is 246 g/mol. The zero-order valence-electron chi connectivity index (χ0n) is 10.5. The molecule has 0 bridgehead atoms. The number of anilines is 1. The van der Waals surface area contributed by atoms with Gasteiger partial charge in [0.05, 0.1) is 0 Å². The molecule has 0 radical (unpaired) electrons. The number of hydrogen-bond acceptors (Lipinski definition) is 3. The molecule has 0 spiro atoms. The van der Waals surface area contributed by atoms with E-state index < -0.39 is 0 Å². The maximum absolute atomic E-state index is 11.9. The van der Waals surface area contributed by atoms with E-state index in [1.807, 2.05) is 31.2 Å². The third-order valence-corrected chi connectivity index (χ3v) is 3.16. The second-order valence-corrected chi connectivity index (χ2v) is 4.46. The van der Waals surface area contributed by atoms with Crippen molar-refractivity contribution >= 4 is 11.6 Å². The molecule has 0 aliphatic carbocycles. The molecule has 0 unspecified atom stereocenters. The van der Waals surface area contributed by atoms with Crippen molar-refractivity contribution in [2.45, 2.75) is 13.3 Å². The van der Waals surface area contributed by atoms with Crippen molar-refractivity contribution in [1.82, 2.24) is 5.32 Å². The van der Waals surface area contributed by atoms with E-state index in [-0.39, 0.29) is 12.5 Å². The Kier molecular flexibility index (Phi) is 4.12. The Balaban J connectivity index is 1.98. The molecule has 4 heteroatoms. The molecular formula is C14H18N2O2. The molecule has 1 saturated heterocycles. The number of carbonyl (C=O) groups is 1. The number of amides is 1. The lowest BCUT2D eigenvalue weighted by Gasteiger charge is -2.21. The van der Waals surface area contributed by atoms with Gasteiger partial charge in [-0.2, -0.15) is 0 Å². The Morgan fingerprint density at radius 1 is 1.33 bits per heavy atom. The summed E-state index contributed by atoms with van der Waals surface area (Å²) in [7, 11) is 0. The Morgan fingerprint density at radius 2 is 2.00 bits per heavy atom. The van der Waals surface area contributed by atoms with Gasteiger partial charge in [-0.1, -0.05) is 12.1 Å². The van der Waals surface area contributed by atoms with Crippen LogP contribution in [0.1, 0.15) is 12.5 Å². The van der Waals surface area contributed by atoms with Crippen LogP contribution < -0.4 is 10.6 Å². The van der Waals surface area contributed by atoms with Gasteiger partial charge in [-0.15, -0.1) is 0 Å². The summed E-state index contributed by atoms with van der Waals surface area (Å²) >= 11 is 0. The molecule has 0 aromatic heterocycles. The lowest BCUT2D eigenvalue weighted by molar-refractivity contribution is -0.112. The number of aliphatic hydroxyl groups excluding tert-OH is 1. The van der Waals surface area contributed by atoms with Crippen LogP contribution in [0.4, 0.5) is 5.69 Å². The first-order chi connectivity index (χ1) is 8.70. The molecule has 96 valence electrons. The Bertz CT molecular complexity index is 457. The van der Waals surface area contributed by atoms with E-state index in [0.717, 1.165) is 29.9 Å². The van der Waals surface area contributed by atoms with Crippen LogP contribution in [0.15, 0.2) is 35.4 Å². The fraction of sp³-hybridized carbons (Fsp3) is 0.357. The van der Waals surface area contributed by atoms with Crippen molar-refractivity contribution in [3.05, 3.63) is 41.0 Å². The third kappa shape index (κ3) is 2.97. The second kappa shape index (κ2) is 5.80. The highest BCUT2D eigenvalue weighted by molar-refractivity contribution is 6.04. The molecule has 0 atom stereocenters. The number of rotatable bonds is 4. The van der Waals surface area contributed by atoms with Crippen molar-refractivity contribution in [1.29, 1.82) is 0 Å². The largest absolute Gasteiger partial charge is 0.396 e. The molecule has 1 amide bonds. The second-order valence-electron chi connectivity index (χ2n) is 4.46. The number of aliphatic hydroxyl groups is 1. The lowest BCUT2D eigenvalue weighted by Crippen LogP contribution is -2.36. The minimum absolute atomic E-state index is 0.0404. The summed E-state index contributed by atoms with van der Waals surface area (Å²) in [6, 6.07) is 7.55. The highest BCUT2D eigenvalue weighted by Gasteiger charge is 2.15. The van der Waals surface area contributed by atoms with Gasteiger partial charge in [-0.05, 0) is 36.6 Å². The van der Waals surface area contributed by atoms with Crippen LogP contribution in [0.5, 0.6) is 0 Å². The predicted octanol–water partition coefficient (Wildman–Crippen LogP) is 1.08. The Labute approximate surface area is 107 Å². The van der Waals surface area contributed by atoms with Crippen molar-refractivity contribution in [3.63, 3.8) is 0 Å². The molecule has 1 aromatic carbocycles. The van der Waals surface area contributed by atoms with E-state index >= 15 is 0 Å². The first-order valence-corrected chi connectivity index (χ1v) is 6.11. The van der Waals surface area contributed by atoms with Gasteiger partial charge >= 0.3 is 0 Å². The maximum Gasteiger partial charge on any atom is 0.251 e. The summed E-state index contributed by atoms with van der Waals surface area (Å²) < 4.78 is 0. The average molecular weight is 246 g/mol. The van der Waals surface area contributed by atoms with Gasteiger partial charge in [-0.25, -0.2) is 0 Å². The highest BCUT2D eigenvalue weighted by atomic mass is 16.2. The van der Waals surface area contributed by atoms with E-state index in [0.29, 0.717) is 6.42 Å². The number of hydrogen-bond donors (Lipinski definition) is 3. The van der Waals surface area contributed by atoms with Crippen molar-refractivity contribution in [2.75, 3.05) is 25.0 Å². The Morgan fingerprint density at radius 3 is 2.50 bits per heavy atom. The zero-order chi connectivity index (χ0) is 13.0. The highest BCUT2D eigenvalue weighted by Crippen LogP contribution is 2.14. The van der Waals surface area contributed by atoms with Gasteiger partial charge in [0.1, 0.15) is 0 Å². The fourth-order valence-electron chi connectivity index (χ4n) is 1.78. The normalized spacial score (nSPS) is 14.0. The molecular weight excluding hydrogens is 228 g/mol. The molecule has 1 aliphatic heterocycles. The first kappa shape index (κ1) is 12.8. The lowest BCUT2D eigenvalue weighted by atomic mass is 10.0. The van der Waals surface area contributed by atoms with Crippen LogP contribution in [-0.2, 0) is 11.2 Å². The number of carbonyl (C=O) groups excluding carboxylic acids is 1. The number of nitrogens with one attached hydrogen (secondary N) is 2. The fourth-order valence-corrected chi connectivity index (χ4v) is 1.78. The molecule has 4 nitrogen and oxygen atoms in total. The summed E-state index contributed by atoms with van der Waals surface area (Å²) in [4.78, 5) is 11.9. The molecule has 0 saturated carbocycles. The van der Waals surface area contributed by atoms with E-state index in [1.165, 1.54) is 5.57 Å². The van der Waals surface area contributed by atoms with Crippen LogP contribution in [0.25, 0.3) is 0 Å². The van der Waals surface area contributed by atoms with Crippen LogP contribution in [-0.4, -0.2) is 30.7 Å². The van der Waals surface area contributed by atoms with Gasteiger partial charge in [0, 0.05) is 31.0 Å². The summed E-state index contributed by atoms with van der Waals surface area (Å²) in [5.41, 5.74) is 3.82. The van der Waals surface area contributed by atoms with E-state index in [4.69, 9.17) is 5.11 Å². The van der Waals surface area contributed by atoms with Gasteiger partial charge in [0.2, 0.25) is 0 Å². The number of benzene rings is 1. The predicted molar refractivity (Wildman–Crippen MR) is 71.4 cm³/mol. The summed E-state index contributed by atoms with van der Waals surface area (Å²) in [5, 5.41) is 14.8.